The maximum atomic E-state index is 12.3. The van der Waals surface area contributed by atoms with Gasteiger partial charge in [0.25, 0.3) is 5.69 Å². The first-order chi connectivity index (χ1) is 9.63. The van der Waals surface area contributed by atoms with Gasteiger partial charge in [-0.15, -0.1) is 11.3 Å². The fourth-order valence-corrected chi connectivity index (χ4v) is 4.77. The third-order valence-electron chi connectivity index (χ3n) is 3.27. The van der Waals surface area contributed by atoms with Crippen molar-refractivity contribution in [2.24, 2.45) is 0 Å². The second-order valence-electron chi connectivity index (χ2n) is 4.69. The lowest BCUT2D eigenvalue weighted by atomic mass is 10.3. The number of rotatable bonds is 4. The number of thiazole rings is 1. The number of hydrogen-bond acceptors (Lipinski definition) is 6. The van der Waals surface area contributed by atoms with Crippen molar-refractivity contribution in [2.45, 2.75) is 23.2 Å². The molecule has 3 rings (SSSR count). The van der Waals surface area contributed by atoms with Crippen molar-refractivity contribution >= 4 is 38.0 Å². The molecule has 6 nitrogen and oxygen atoms in total. The van der Waals surface area contributed by atoms with Crippen LogP contribution in [0.25, 0.3) is 10.2 Å². The second-order valence-corrected chi connectivity index (χ2v) is 7.39. The lowest BCUT2D eigenvalue weighted by Crippen LogP contribution is -2.27. The molecule has 0 unspecified atom stereocenters. The van der Waals surface area contributed by atoms with Gasteiger partial charge in [-0.3, -0.25) is 14.3 Å². The predicted octanol–water partition coefficient (Wildman–Crippen LogP) is 2.06. The van der Waals surface area contributed by atoms with Gasteiger partial charge < -0.3 is 5.32 Å². The monoisotopic (exact) mass is 311 g/mol. The molecule has 0 saturated carbocycles. The number of fused-ring (bicyclic) bond motifs is 1. The van der Waals surface area contributed by atoms with E-state index < -0.39 is 15.7 Å². The van der Waals surface area contributed by atoms with Crippen molar-refractivity contribution in [2.75, 3.05) is 12.3 Å². The van der Waals surface area contributed by atoms with Crippen LogP contribution >= 0.6 is 11.3 Å². The zero-order chi connectivity index (χ0) is 14.1. The Morgan fingerprint density at radius 3 is 3.10 bits per heavy atom. The number of nitro benzene ring substituents is 1. The molecule has 0 radical (unpaired) electrons. The Bertz CT molecular complexity index is 680. The molecule has 2 aromatic rings. The van der Waals surface area contributed by atoms with Crippen LogP contribution in [-0.2, 0) is 10.8 Å². The quantitative estimate of drug-likeness (QED) is 0.690. The van der Waals surface area contributed by atoms with E-state index in [-0.39, 0.29) is 11.7 Å². The summed E-state index contributed by atoms with van der Waals surface area (Å²) in [6, 6.07) is 4.84. The summed E-state index contributed by atoms with van der Waals surface area (Å²) < 4.78 is 13.7. The molecule has 1 aliphatic heterocycles. The summed E-state index contributed by atoms with van der Waals surface area (Å²) in [7, 11) is -1.15. The van der Waals surface area contributed by atoms with Gasteiger partial charge in [0.05, 0.1) is 25.9 Å². The maximum absolute atomic E-state index is 12.3. The van der Waals surface area contributed by atoms with Gasteiger partial charge in [0.1, 0.15) is 0 Å². The van der Waals surface area contributed by atoms with Crippen LogP contribution in [0.3, 0.4) is 0 Å². The minimum absolute atomic E-state index is 0.0117. The highest BCUT2D eigenvalue weighted by Gasteiger charge is 2.20. The molecular formula is C12H13N3O3S2. The Balaban J connectivity index is 1.84. The first-order valence-electron chi connectivity index (χ1n) is 6.30. The Kier molecular flexibility index (Phi) is 3.77. The van der Waals surface area contributed by atoms with Crippen LogP contribution in [0.15, 0.2) is 22.5 Å². The van der Waals surface area contributed by atoms with Crippen molar-refractivity contribution in [3.63, 3.8) is 0 Å². The molecule has 20 heavy (non-hydrogen) atoms. The molecule has 2 heterocycles. The van der Waals surface area contributed by atoms with E-state index in [2.05, 4.69) is 10.3 Å². The summed E-state index contributed by atoms with van der Waals surface area (Å²) in [6.07, 6.45) is 2.16. The minimum Gasteiger partial charge on any atom is -0.313 e. The SMILES string of the molecule is O=[N+]([O-])c1ccc2sc([S@](=O)C[C@@H]3CCCN3)nc2c1. The summed E-state index contributed by atoms with van der Waals surface area (Å²) in [6.45, 7) is 0.980. The number of hydrogen-bond donors (Lipinski definition) is 1. The highest BCUT2D eigenvalue weighted by molar-refractivity contribution is 7.87. The summed E-state index contributed by atoms with van der Waals surface area (Å²) in [5, 5.41) is 14.0. The zero-order valence-electron chi connectivity index (χ0n) is 10.6. The molecule has 106 valence electrons. The minimum atomic E-state index is -1.15. The molecule has 0 bridgehead atoms. The van der Waals surface area contributed by atoms with E-state index in [0.717, 1.165) is 24.1 Å². The fraction of sp³-hybridized carbons (Fsp3) is 0.417. The fourth-order valence-electron chi connectivity index (χ4n) is 2.26. The van der Waals surface area contributed by atoms with E-state index in [1.54, 1.807) is 6.07 Å². The van der Waals surface area contributed by atoms with Gasteiger partial charge in [-0.05, 0) is 25.5 Å². The van der Waals surface area contributed by atoms with Crippen LogP contribution in [0.5, 0.6) is 0 Å². The van der Waals surface area contributed by atoms with E-state index in [1.165, 1.54) is 23.5 Å². The first kappa shape index (κ1) is 13.6. The van der Waals surface area contributed by atoms with E-state index >= 15 is 0 Å². The number of benzene rings is 1. The zero-order valence-corrected chi connectivity index (χ0v) is 12.2. The highest BCUT2D eigenvalue weighted by atomic mass is 32.2. The van der Waals surface area contributed by atoms with Gasteiger partial charge in [-0.1, -0.05) is 0 Å². The number of nitrogens with zero attached hydrogens (tertiary/aromatic N) is 2. The number of non-ortho nitro benzene ring substituents is 1. The first-order valence-corrected chi connectivity index (χ1v) is 8.44. The Labute approximate surface area is 121 Å². The van der Waals surface area contributed by atoms with Gasteiger partial charge in [-0.2, -0.15) is 0 Å². The molecule has 1 N–H and O–H groups in total. The lowest BCUT2D eigenvalue weighted by Gasteiger charge is -2.07. The van der Waals surface area contributed by atoms with Gasteiger partial charge in [0, 0.05) is 23.9 Å². The maximum Gasteiger partial charge on any atom is 0.271 e. The summed E-state index contributed by atoms with van der Waals surface area (Å²) in [5.41, 5.74) is 0.560. The van der Waals surface area contributed by atoms with Crippen LogP contribution in [0, 0.1) is 10.1 Å². The predicted molar refractivity (Wildman–Crippen MR) is 78.6 cm³/mol. The number of nitrogens with one attached hydrogen (secondary N) is 1. The molecule has 2 atom stereocenters. The normalized spacial score (nSPS) is 20.3. The number of aromatic nitrogens is 1. The topological polar surface area (TPSA) is 85.1 Å². The van der Waals surface area contributed by atoms with Crippen molar-refractivity contribution in [3.8, 4) is 0 Å². The van der Waals surface area contributed by atoms with Gasteiger partial charge in [0.2, 0.25) is 0 Å². The van der Waals surface area contributed by atoms with Gasteiger partial charge in [0.15, 0.2) is 4.34 Å². The van der Waals surface area contributed by atoms with Crippen molar-refractivity contribution in [3.05, 3.63) is 28.3 Å². The van der Waals surface area contributed by atoms with Gasteiger partial charge in [-0.25, -0.2) is 4.98 Å². The summed E-state index contributed by atoms with van der Waals surface area (Å²) >= 11 is 1.35. The largest absolute Gasteiger partial charge is 0.313 e. The molecule has 1 saturated heterocycles. The molecule has 1 aliphatic rings. The standard InChI is InChI=1S/C12H13N3O3S2/c16-15(17)9-3-4-11-10(6-9)14-12(19-11)20(18)7-8-2-1-5-13-8/h3-4,6,8,13H,1-2,5,7H2/t8-,20+/m0/s1. The second kappa shape index (κ2) is 5.55. The highest BCUT2D eigenvalue weighted by Crippen LogP contribution is 2.28. The molecule has 1 aromatic carbocycles. The molecule has 0 aliphatic carbocycles. The van der Waals surface area contributed by atoms with E-state index in [4.69, 9.17) is 0 Å². The van der Waals surface area contributed by atoms with Gasteiger partial charge >= 0.3 is 0 Å². The average molecular weight is 311 g/mol. The van der Waals surface area contributed by atoms with E-state index in [9.17, 15) is 14.3 Å². The van der Waals surface area contributed by atoms with Crippen LogP contribution in [-0.4, -0.2) is 32.5 Å². The van der Waals surface area contributed by atoms with Crippen molar-refractivity contribution < 1.29 is 9.13 Å². The smallest absolute Gasteiger partial charge is 0.271 e. The molecular weight excluding hydrogens is 298 g/mol. The molecule has 0 amide bonds. The third-order valence-corrected chi connectivity index (χ3v) is 6.10. The lowest BCUT2D eigenvalue weighted by molar-refractivity contribution is -0.384. The molecule has 1 aromatic heterocycles. The van der Waals surface area contributed by atoms with E-state index in [1.807, 2.05) is 0 Å². The Morgan fingerprint density at radius 1 is 1.55 bits per heavy atom. The molecule has 8 heteroatoms. The van der Waals surface area contributed by atoms with Crippen molar-refractivity contribution in [1.82, 2.24) is 10.3 Å². The van der Waals surface area contributed by atoms with E-state index in [0.29, 0.717) is 15.6 Å². The van der Waals surface area contributed by atoms with Crippen LogP contribution in [0.4, 0.5) is 5.69 Å². The molecule has 0 spiro atoms. The van der Waals surface area contributed by atoms with Crippen molar-refractivity contribution in [1.29, 1.82) is 0 Å². The Morgan fingerprint density at radius 2 is 2.40 bits per heavy atom. The number of nitro groups is 1. The Hall–Kier alpha value is -1.38. The average Bonchev–Trinajstić information content (AvgIpc) is 3.05. The van der Waals surface area contributed by atoms with Crippen LogP contribution in [0.2, 0.25) is 0 Å². The third kappa shape index (κ3) is 2.72. The summed E-state index contributed by atoms with van der Waals surface area (Å²) in [5.74, 6) is 0.557. The van der Waals surface area contributed by atoms with Crippen LogP contribution in [0.1, 0.15) is 12.8 Å². The van der Waals surface area contributed by atoms with Crippen LogP contribution < -0.4 is 5.32 Å². The molecule has 1 fully saturated rings. The summed E-state index contributed by atoms with van der Waals surface area (Å²) in [4.78, 5) is 14.6.